The van der Waals surface area contributed by atoms with Gasteiger partial charge in [0.05, 0.1) is 11.3 Å². The van der Waals surface area contributed by atoms with Crippen molar-refractivity contribution in [1.29, 1.82) is 0 Å². The quantitative estimate of drug-likeness (QED) is 0.434. The summed E-state index contributed by atoms with van der Waals surface area (Å²) >= 11 is 0. The fraction of sp³-hybridized carbons (Fsp3) is 0.533. The first kappa shape index (κ1) is 14.7. The summed E-state index contributed by atoms with van der Waals surface area (Å²) in [5.41, 5.74) is 6.04. The highest BCUT2D eigenvalue weighted by Crippen LogP contribution is 2.23. The lowest BCUT2D eigenvalue weighted by Gasteiger charge is -2.26. The number of piperidine rings is 1. The van der Waals surface area contributed by atoms with Crippen LogP contribution < -0.4 is 11.1 Å². The summed E-state index contributed by atoms with van der Waals surface area (Å²) in [5.74, 6) is -0.408. The number of likely N-dealkylation sites (tertiary alicyclic amines) is 1. The smallest absolute Gasteiger partial charge is 0.255 e. The Bertz CT molecular complexity index is 456. The molecule has 2 rings (SSSR count). The number of anilines is 1. The summed E-state index contributed by atoms with van der Waals surface area (Å²) < 4.78 is 0. The zero-order valence-corrected chi connectivity index (χ0v) is 11.8. The monoisotopic (exact) mass is 277 g/mol. The number of rotatable bonds is 5. The molecule has 1 amide bonds. The number of benzene rings is 1. The first-order valence-electron chi connectivity index (χ1n) is 7.26. The molecule has 0 bridgehead atoms. The predicted molar refractivity (Wildman–Crippen MR) is 79.8 cm³/mol. The van der Waals surface area contributed by atoms with Gasteiger partial charge in [0, 0.05) is 6.54 Å². The van der Waals surface area contributed by atoms with Crippen LogP contribution in [0.2, 0.25) is 0 Å². The molecule has 1 aromatic rings. The second-order valence-corrected chi connectivity index (χ2v) is 5.26. The Labute approximate surface area is 119 Å². The highest BCUT2D eigenvalue weighted by atomic mass is 16.3. The Hall–Kier alpha value is -1.75. The summed E-state index contributed by atoms with van der Waals surface area (Å²) in [6.45, 7) is 3.97. The van der Waals surface area contributed by atoms with Gasteiger partial charge in [-0.15, -0.1) is 0 Å². The zero-order valence-electron chi connectivity index (χ0n) is 11.8. The minimum absolute atomic E-state index is 0.138. The van der Waals surface area contributed by atoms with Gasteiger partial charge >= 0.3 is 0 Å². The molecule has 0 aromatic heterocycles. The van der Waals surface area contributed by atoms with Crippen LogP contribution in [0.15, 0.2) is 18.2 Å². The van der Waals surface area contributed by atoms with Gasteiger partial charge < -0.3 is 21.1 Å². The molecule has 4 N–H and O–H groups in total. The van der Waals surface area contributed by atoms with Gasteiger partial charge in [0.15, 0.2) is 5.75 Å². The number of nitrogens with one attached hydrogen (secondary N) is 1. The lowest BCUT2D eigenvalue weighted by Crippen LogP contribution is -2.33. The van der Waals surface area contributed by atoms with E-state index in [1.165, 1.54) is 32.4 Å². The van der Waals surface area contributed by atoms with Crippen LogP contribution in [0.5, 0.6) is 5.75 Å². The predicted octanol–water partition coefficient (Wildman–Crippen LogP) is 1.58. The van der Waals surface area contributed by atoms with Crippen LogP contribution >= 0.6 is 0 Å². The van der Waals surface area contributed by atoms with E-state index in [4.69, 9.17) is 5.73 Å². The molecule has 1 heterocycles. The van der Waals surface area contributed by atoms with E-state index in [1.54, 1.807) is 18.2 Å². The van der Waals surface area contributed by atoms with E-state index in [9.17, 15) is 9.90 Å². The molecule has 1 aromatic carbocycles. The highest BCUT2D eigenvalue weighted by Gasteiger charge is 2.13. The normalized spacial score (nSPS) is 16.0. The van der Waals surface area contributed by atoms with Crippen LogP contribution in [-0.2, 0) is 0 Å². The Kier molecular flexibility index (Phi) is 5.24. The summed E-state index contributed by atoms with van der Waals surface area (Å²) in [6.07, 6.45) is 4.82. The van der Waals surface area contributed by atoms with Crippen molar-refractivity contribution in [2.75, 3.05) is 31.9 Å². The number of nitrogens with two attached hydrogens (primary N) is 1. The van der Waals surface area contributed by atoms with Crippen LogP contribution in [0.1, 0.15) is 36.0 Å². The van der Waals surface area contributed by atoms with E-state index >= 15 is 0 Å². The Balaban J connectivity index is 1.73. The van der Waals surface area contributed by atoms with Crippen LogP contribution in [0.25, 0.3) is 0 Å². The second-order valence-electron chi connectivity index (χ2n) is 5.26. The molecular formula is C15H23N3O2. The van der Waals surface area contributed by atoms with E-state index in [2.05, 4.69) is 10.2 Å². The third-order valence-corrected chi connectivity index (χ3v) is 3.70. The molecule has 1 aliphatic rings. The Morgan fingerprint density at radius 2 is 2.05 bits per heavy atom. The van der Waals surface area contributed by atoms with E-state index in [0.717, 1.165) is 13.0 Å². The van der Waals surface area contributed by atoms with Crippen molar-refractivity contribution < 1.29 is 9.90 Å². The fourth-order valence-corrected chi connectivity index (χ4v) is 2.53. The zero-order chi connectivity index (χ0) is 14.4. The SMILES string of the molecule is Nc1cccc(C(=O)NCCCN2CCCCC2)c1O. The van der Waals surface area contributed by atoms with Gasteiger partial charge in [-0.2, -0.15) is 0 Å². The average Bonchev–Trinajstić information content (AvgIpc) is 2.47. The van der Waals surface area contributed by atoms with E-state index < -0.39 is 0 Å². The molecular weight excluding hydrogens is 254 g/mol. The molecule has 1 fully saturated rings. The van der Waals surface area contributed by atoms with E-state index in [1.807, 2.05) is 0 Å². The maximum Gasteiger partial charge on any atom is 0.255 e. The molecule has 1 saturated heterocycles. The van der Waals surface area contributed by atoms with Crippen molar-refractivity contribution in [2.24, 2.45) is 0 Å². The van der Waals surface area contributed by atoms with Gasteiger partial charge in [-0.3, -0.25) is 4.79 Å². The summed E-state index contributed by atoms with van der Waals surface area (Å²) in [5, 5.41) is 12.6. The average molecular weight is 277 g/mol. The second kappa shape index (κ2) is 7.14. The lowest BCUT2D eigenvalue weighted by atomic mass is 10.1. The number of amides is 1. The molecule has 5 nitrogen and oxygen atoms in total. The van der Waals surface area contributed by atoms with Crippen molar-refractivity contribution in [3.8, 4) is 5.75 Å². The molecule has 0 spiro atoms. The number of nitrogens with zero attached hydrogens (tertiary/aromatic N) is 1. The number of aromatic hydroxyl groups is 1. The van der Waals surface area contributed by atoms with Gasteiger partial charge in [0.25, 0.3) is 5.91 Å². The van der Waals surface area contributed by atoms with E-state index in [-0.39, 0.29) is 22.9 Å². The van der Waals surface area contributed by atoms with Crippen LogP contribution in [-0.4, -0.2) is 42.1 Å². The van der Waals surface area contributed by atoms with Crippen LogP contribution in [0, 0.1) is 0 Å². The number of phenolic OH excluding ortho intramolecular Hbond substituents is 1. The van der Waals surface area contributed by atoms with Gasteiger partial charge in [-0.1, -0.05) is 12.5 Å². The molecule has 20 heavy (non-hydrogen) atoms. The molecule has 0 unspecified atom stereocenters. The van der Waals surface area contributed by atoms with Crippen LogP contribution in [0.3, 0.4) is 0 Å². The number of hydrogen-bond acceptors (Lipinski definition) is 4. The molecule has 0 saturated carbocycles. The number of carbonyl (C=O) groups excluding carboxylic acids is 1. The summed E-state index contributed by atoms with van der Waals surface area (Å²) in [4.78, 5) is 14.4. The van der Waals surface area contributed by atoms with Crippen molar-refractivity contribution in [1.82, 2.24) is 10.2 Å². The van der Waals surface area contributed by atoms with Crippen molar-refractivity contribution >= 4 is 11.6 Å². The van der Waals surface area contributed by atoms with E-state index in [0.29, 0.717) is 6.54 Å². The topological polar surface area (TPSA) is 78.6 Å². The summed E-state index contributed by atoms with van der Waals surface area (Å²) in [6, 6.07) is 4.81. The Morgan fingerprint density at radius 3 is 2.80 bits per heavy atom. The van der Waals surface area contributed by atoms with Gasteiger partial charge in [-0.25, -0.2) is 0 Å². The third kappa shape index (κ3) is 3.87. The fourth-order valence-electron chi connectivity index (χ4n) is 2.53. The molecule has 110 valence electrons. The van der Waals surface area contributed by atoms with Crippen LogP contribution in [0.4, 0.5) is 5.69 Å². The van der Waals surface area contributed by atoms with Gasteiger partial charge in [-0.05, 0) is 51.0 Å². The van der Waals surface area contributed by atoms with Crippen molar-refractivity contribution in [2.45, 2.75) is 25.7 Å². The largest absolute Gasteiger partial charge is 0.505 e. The molecule has 0 radical (unpaired) electrons. The van der Waals surface area contributed by atoms with Crippen molar-refractivity contribution in [3.05, 3.63) is 23.8 Å². The number of para-hydroxylation sites is 1. The molecule has 5 heteroatoms. The lowest BCUT2D eigenvalue weighted by molar-refractivity contribution is 0.0948. The minimum atomic E-state index is -0.270. The number of phenols is 1. The number of nitrogen functional groups attached to an aromatic ring is 1. The molecule has 0 aliphatic carbocycles. The first-order chi connectivity index (χ1) is 9.68. The Morgan fingerprint density at radius 1 is 1.30 bits per heavy atom. The highest BCUT2D eigenvalue weighted by molar-refractivity contribution is 5.98. The third-order valence-electron chi connectivity index (χ3n) is 3.70. The first-order valence-corrected chi connectivity index (χ1v) is 7.26. The van der Waals surface area contributed by atoms with Gasteiger partial charge in [0.2, 0.25) is 0 Å². The minimum Gasteiger partial charge on any atom is -0.505 e. The maximum absolute atomic E-state index is 11.9. The van der Waals surface area contributed by atoms with Crippen molar-refractivity contribution in [3.63, 3.8) is 0 Å². The number of carbonyl (C=O) groups is 1. The molecule has 1 aliphatic heterocycles. The maximum atomic E-state index is 11.9. The molecule has 0 atom stereocenters. The van der Waals surface area contributed by atoms with Gasteiger partial charge in [0.1, 0.15) is 0 Å². The summed E-state index contributed by atoms with van der Waals surface area (Å²) in [7, 11) is 0. The standard InChI is InChI=1S/C15H23N3O2/c16-13-7-4-6-12(14(13)19)15(20)17-8-5-11-18-9-2-1-3-10-18/h4,6-7,19H,1-3,5,8-11,16H2,(H,17,20). The number of hydrogen-bond donors (Lipinski definition) is 3.